The van der Waals surface area contributed by atoms with Crippen molar-refractivity contribution in [3.05, 3.63) is 95.1 Å². The first kappa shape index (κ1) is 19.6. The van der Waals surface area contributed by atoms with Gasteiger partial charge >= 0.3 is 0 Å². The summed E-state index contributed by atoms with van der Waals surface area (Å²) in [6.45, 7) is 1.32. The molecule has 0 aliphatic rings. The van der Waals surface area contributed by atoms with Crippen molar-refractivity contribution >= 4 is 27.8 Å². The summed E-state index contributed by atoms with van der Waals surface area (Å²) in [4.78, 5) is 11.7. The lowest BCUT2D eigenvalue weighted by Gasteiger charge is -2.08. The first-order chi connectivity index (χ1) is 13.3. The lowest BCUT2D eigenvalue weighted by molar-refractivity contribution is 0.101. The summed E-state index contributed by atoms with van der Waals surface area (Å²) in [6, 6.07) is 15.3. The number of carbonyl (C=O) groups is 1. The van der Waals surface area contributed by atoms with Crippen molar-refractivity contribution in [2.24, 2.45) is 0 Å². The Morgan fingerprint density at radius 3 is 2.21 bits per heavy atom. The molecule has 0 amide bonds. The van der Waals surface area contributed by atoms with Crippen LogP contribution in [0.25, 0.3) is 12.2 Å². The van der Waals surface area contributed by atoms with E-state index in [1.165, 1.54) is 43.3 Å². The van der Waals surface area contributed by atoms with Crippen LogP contribution in [0.1, 0.15) is 28.4 Å². The van der Waals surface area contributed by atoms with Gasteiger partial charge in [-0.25, -0.2) is 17.2 Å². The number of carbonyl (C=O) groups excluding carboxylic acids is 1. The minimum atomic E-state index is -3.86. The second-order valence-electron chi connectivity index (χ2n) is 6.12. The van der Waals surface area contributed by atoms with Crippen LogP contribution < -0.4 is 0 Å². The van der Waals surface area contributed by atoms with E-state index in [-0.39, 0.29) is 26.7 Å². The van der Waals surface area contributed by atoms with E-state index in [1.54, 1.807) is 30.3 Å². The fourth-order valence-corrected chi connectivity index (χ4v) is 4.21. The standard InChI is InChI=1S/C22H16F2O3S/c1-15(25)20-4-2-3-5-22(20)28(26,27)19-12-7-16(8-13-19)6-9-17-10-11-18(23)14-21(17)24/h2-14H,1H3. The maximum Gasteiger partial charge on any atom is 0.207 e. The van der Waals surface area contributed by atoms with Crippen LogP contribution in [0.5, 0.6) is 0 Å². The fourth-order valence-electron chi connectivity index (χ4n) is 2.70. The van der Waals surface area contributed by atoms with Gasteiger partial charge in [0.05, 0.1) is 9.79 Å². The summed E-state index contributed by atoms with van der Waals surface area (Å²) in [5, 5.41) is 0. The van der Waals surface area contributed by atoms with Crippen LogP contribution in [-0.2, 0) is 9.84 Å². The minimum absolute atomic E-state index is 0.0424. The molecule has 0 aromatic heterocycles. The monoisotopic (exact) mass is 398 g/mol. The molecule has 28 heavy (non-hydrogen) atoms. The second kappa shape index (κ2) is 7.86. The molecule has 0 aliphatic heterocycles. The van der Waals surface area contributed by atoms with Crippen molar-refractivity contribution in [1.82, 2.24) is 0 Å². The lowest BCUT2D eigenvalue weighted by Crippen LogP contribution is -2.08. The molecule has 0 unspecified atom stereocenters. The molecule has 3 rings (SSSR count). The predicted molar refractivity (Wildman–Crippen MR) is 104 cm³/mol. The highest BCUT2D eigenvalue weighted by atomic mass is 32.2. The SMILES string of the molecule is CC(=O)c1ccccc1S(=O)(=O)c1ccc(C=Cc2ccc(F)cc2F)cc1. The molecule has 0 saturated heterocycles. The van der Waals surface area contributed by atoms with E-state index in [0.29, 0.717) is 5.56 Å². The van der Waals surface area contributed by atoms with E-state index in [4.69, 9.17) is 0 Å². The average molecular weight is 398 g/mol. The molecular formula is C22H16F2O3S. The number of benzene rings is 3. The molecule has 0 bridgehead atoms. The molecule has 0 N–H and O–H groups in total. The Labute approximate surface area is 161 Å². The van der Waals surface area contributed by atoms with Crippen molar-refractivity contribution in [3.63, 3.8) is 0 Å². The number of ketones is 1. The number of hydrogen-bond acceptors (Lipinski definition) is 3. The van der Waals surface area contributed by atoms with E-state index in [0.717, 1.165) is 12.1 Å². The normalized spacial score (nSPS) is 11.7. The number of hydrogen-bond donors (Lipinski definition) is 0. The van der Waals surface area contributed by atoms with Gasteiger partial charge < -0.3 is 0 Å². The fraction of sp³-hybridized carbons (Fsp3) is 0.0455. The van der Waals surface area contributed by atoms with Gasteiger partial charge in [-0.15, -0.1) is 0 Å². The zero-order valence-electron chi connectivity index (χ0n) is 14.9. The van der Waals surface area contributed by atoms with Crippen LogP contribution in [0, 0.1) is 11.6 Å². The highest BCUT2D eigenvalue weighted by molar-refractivity contribution is 7.91. The third-order valence-corrected chi connectivity index (χ3v) is 5.99. The van der Waals surface area contributed by atoms with E-state index < -0.39 is 21.5 Å². The predicted octanol–water partition coefficient (Wildman–Crippen LogP) is 5.17. The summed E-state index contributed by atoms with van der Waals surface area (Å²) >= 11 is 0. The van der Waals surface area contributed by atoms with Gasteiger partial charge in [0.2, 0.25) is 9.84 Å². The Morgan fingerprint density at radius 2 is 1.57 bits per heavy atom. The average Bonchev–Trinajstić information content (AvgIpc) is 2.67. The van der Waals surface area contributed by atoms with Crippen LogP contribution in [0.3, 0.4) is 0 Å². The van der Waals surface area contributed by atoms with Gasteiger partial charge in [-0.3, -0.25) is 4.79 Å². The lowest BCUT2D eigenvalue weighted by atomic mass is 10.1. The zero-order valence-corrected chi connectivity index (χ0v) is 15.7. The quantitative estimate of drug-likeness (QED) is 0.440. The maximum atomic E-state index is 13.7. The van der Waals surface area contributed by atoms with Crippen LogP contribution in [-0.4, -0.2) is 14.2 Å². The third kappa shape index (κ3) is 4.07. The topological polar surface area (TPSA) is 51.2 Å². The van der Waals surface area contributed by atoms with Gasteiger partial charge in [0, 0.05) is 17.2 Å². The smallest absolute Gasteiger partial charge is 0.207 e. The summed E-state index contributed by atoms with van der Waals surface area (Å²) in [7, 11) is -3.86. The first-order valence-corrected chi connectivity index (χ1v) is 9.85. The van der Waals surface area contributed by atoms with Crippen LogP contribution in [0.15, 0.2) is 76.5 Å². The molecule has 0 heterocycles. The Hall–Kier alpha value is -3.12. The van der Waals surface area contributed by atoms with Gasteiger partial charge in [0.1, 0.15) is 11.6 Å². The maximum absolute atomic E-state index is 13.7. The van der Waals surface area contributed by atoms with Crippen LogP contribution >= 0.6 is 0 Å². The molecule has 3 aromatic rings. The Morgan fingerprint density at radius 1 is 0.893 bits per heavy atom. The van der Waals surface area contributed by atoms with Gasteiger partial charge in [-0.05, 0) is 42.8 Å². The van der Waals surface area contributed by atoms with Crippen molar-refractivity contribution in [1.29, 1.82) is 0 Å². The largest absolute Gasteiger partial charge is 0.294 e. The highest BCUT2D eigenvalue weighted by Gasteiger charge is 2.22. The molecule has 0 fully saturated rings. The molecule has 0 saturated carbocycles. The third-order valence-electron chi connectivity index (χ3n) is 4.16. The van der Waals surface area contributed by atoms with Crippen LogP contribution in [0.2, 0.25) is 0 Å². The molecule has 142 valence electrons. The Bertz CT molecular complexity index is 1160. The van der Waals surface area contributed by atoms with Gasteiger partial charge in [-0.2, -0.15) is 0 Å². The summed E-state index contributed by atoms with van der Waals surface area (Å²) < 4.78 is 52.4. The Balaban J connectivity index is 1.90. The molecule has 3 nitrogen and oxygen atoms in total. The molecule has 0 spiro atoms. The van der Waals surface area contributed by atoms with Crippen LogP contribution in [0.4, 0.5) is 8.78 Å². The number of Topliss-reactive ketones (excluding diaryl/α,β-unsaturated/α-hetero) is 1. The number of halogens is 2. The van der Waals surface area contributed by atoms with Gasteiger partial charge in [-0.1, -0.05) is 42.5 Å². The number of sulfone groups is 1. The van der Waals surface area contributed by atoms with Crippen molar-refractivity contribution in [3.8, 4) is 0 Å². The Kier molecular flexibility index (Phi) is 5.51. The summed E-state index contributed by atoms with van der Waals surface area (Å²) in [6.07, 6.45) is 3.07. The molecular weight excluding hydrogens is 382 g/mol. The second-order valence-corrected chi connectivity index (χ2v) is 8.04. The minimum Gasteiger partial charge on any atom is -0.294 e. The number of rotatable bonds is 5. The van der Waals surface area contributed by atoms with E-state index in [1.807, 2.05) is 0 Å². The molecule has 0 radical (unpaired) electrons. The van der Waals surface area contributed by atoms with Gasteiger partial charge in [0.15, 0.2) is 5.78 Å². The first-order valence-electron chi connectivity index (χ1n) is 8.37. The van der Waals surface area contributed by atoms with Crippen molar-refractivity contribution in [2.45, 2.75) is 16.7 Å². The van der Waals surface area contributed by atoms with Gasteiger partial charge in [0.25, 0.3) is 0 Å². The van der Waals surface area contributed by atoms with E-state index in [9.17, 15) is 22.0 Å². The zero-order chi connectivity index (χ0) is 20.3. The van der Waals surface area contributed by atoms with E-state index >= 15 is 0 Å². The summed E-state index contributed by atoms with van der Waals surface area (Å²) in [5.74, 6) is -1.67. The molecule has 0 atom stereocenters. The highest BCUT2D eigenvalue weighted by Crippen LogP contribution is 2.25. The molecule has 6 heteroatoms. The van der Waals surface area contributed by atoms with Crippen molar-refractivity contribution < 1.29 is 22.0 Å². The molecule has 0 aliphatic carbocycles. The molecule has 3 aromatic carbocycles. The van der Waals surface area contributed by atoms with Crippen molar-refractivity contribution in [2.75, 3.05) is 0 Å². The van der Waals surface area contributed by atoms with E-state index in [2.05, 4.69) is 0 Å². The summed E-state index contributed by atoms with van der Waals surface area (Å²) in [5.41, 5.74) is 0.995.